The Morgan fingerprint density at radius 1 is 1.16 bits per heavy atom. The van der Waals surface area contributed by atoms with Crippen LogP contribution in [0.15, 0.2) is 12.1 Å². The van der Waals surface area contributed by atoms with Gasteiger partial charge in [0.05, 0.1) is 23.1 Å². The lowest BCUT2D eigenvalue weighted by molar-refractivity contribution is -0.385. The van der Waals surface area contributed by atoms with E-state index in [0.717, 1.165) is 6.07 Å². The third-order valence-electron chi connectivity index (χ3n) is 3.06. The second-order valence-electron chi connectivity index (χ2n) is 4.90. The van der Waals surface area contributed by atoms with Crippen LogP contribution in [-0.2, 0) is 18.9 Å². The fourth-order valence-corrected chi connectivity index (χ4v) is 1.97. The van der Waals surface area contributed by atoms with Crippen molar-refractivity contribution in [3.8, 4) is 0 Å². The molecule has 0 aliphatic carbocycles. The van der Waals surface area contributed by atoms with Gasteiger partial charge in [0.1, 0.15) is 5.82 Å². The van der Waals surface area contributed by atoms with Gasteiger partial charge in [-0.25, -0.2) is 9.07 Å². The number of nitrogens with zero attached hydrogens (tertiary/aromatic N) is 4. The molecule has 0 aliphatic heterocycles. The predicted molar refractivity (Wildman–Crippen MR) is 66.9 cm³/mol. The smallest absolute Gasteiger partial charge is 0.258 e. The van der Waals surface area contributed by atoms with Gasteiger partial charge in [-0.2, -0.15) is 31.3 Å². The monoisotopic (exact) mass is 372 g/mol. The molecule has 2 aromatic rings. The standard InChI is InChI=1S/C12H7F7N4O2/c1-5-2-6(8(23(24)25)3-7(5)13)4-22-10(12(17,18)19)20-9(21-22)11(14,15)16/h2-3H,4H2,1H3. The normalized spacial score (nSPS) is 12.5. The molecule has 0 atom stereocenters. The molecule has 1 aromatic heterocycles. The summed E-state index contributed by atoms with van der Waals surface area (Å²) in [6.07, 6.45) is -10.5. The van der Waals surface area contributed by atoms with Crippen molar-refractivity contribution >= 4 is 5.69 Å². The Balaban J connectivity index is 2.59. The lowest BCUT2D eigenvalue weighted by Gasteiger charge is -2.10. The number of benzene rings is 1. The van der Waals surface area contributed by atoms with Crippen molar-refractivity contribution < 1.29 is 35.7 Å². The molecular weight excluding hydrogens is 365 g/mol. The Bertz CT molecular complexity index is 826. The van der Waals surface area contributed by atoms with Crippen LogP contribution in [0.4, 0.5) is 36.4 Å². The van der Waals surface area contributed by atoms with E-state index in [-0.39, 0.29) is 10.2 Å². The zero-order chi connectivity index (χ0) is 19.2. The van der Waals surface area contributed by atoms with E-state index in [2.05, 4.69) is 10.1 Å². The molecule has 0 unspecified atom stereocenters. The summed E-state index contributed by atoms with van der Waals surface area (Å²) in [6, 6.07) is 1.34. The first-order valence-corrected chi connectivity index (χ1v) is 6.33. The van der Waals surface area contributed by atoms with Gasteiger partial charge in [0, 0.05) is 0 Å². The van der Waals surface area contributed by atoms with Crippen molar-refractivity contribution in [2.75, 3.05) is 0 Å². The highest BCUT2D eigenvalue weighted by Crippen LogP contribution is 2.33. The van der Waals surface area contributed by atoms with Gasteiger partial charge in [0.25, 0.3) is 11.5 Å². The molecule has 0 fully saturated rings. The van der Waals surface area contributed by atoms with Crippen LogP contribution in [0.5, 0.6) is 0 Å². The minimum Gasteiger partial charge on any atom is -0.258 e. The van der Waals surface area contributed by atoms with Crippen molar-refractivity contribution in [2.45, 2.75) is 25.8 Å². The summed E-state index contributed by atoms with van der Waals surface area (Å²) in [6.45, 7) is 0.144. The maximum atomic E-state index is 13.4. The number of hydrogen-bond acceptors (Lipinski definition) is 4. The zero-order valence-electron chi connectivity index (χ0n) is 12.1. The van der Waals surface area contributed by atoms with E-state index in [1.54, 1.807) is 0 Å². The number of nitro benzene ring substituents is 1. The summed E-state index contributed by atoms with van der Waals surface area (Å²) in [7, 11) is 0. The first-order valence-electron chi connectivity index (χ1n) is 6.33. The van der Waals surface area contributed by atoms with E-state index in [0.29, 0.717) is 6.07 Å². The molecule has 6 nitrogen and oxygen atoms in total. The van der Waals surface area contributed by atoms with Crippen molar-refractivity contribution in [1.82, 2.24) is 14.8 Å². The molecule has 0 bridgehead atoms. The fourth-order valence-electron chi connectivity index (χ4n) is 1.97. The van der Waals surface area contributed by atoms with E-state index < -0.39 is 52.5 Å². The van der Waals surface area contributed by atoms with Gasteiger partial charge in [-0.05, 0) is 18.6 Å². The third kappa shape index (κ3) is 3.85. The number of aryl methyl sites for hydroxylation is 1. The van der Waals surface area contributed by atoms with Gasteiger partial charge in [0.2, 0.25) is 5.82 Å². The molecule has 0 saturated carbocycles. The van der Waals surface area contributed by atoms with Gasteiger partial charge in [0.15, 0.2) is 0 Å². The SMILES string of the molecule is Cc1cc(Cn2nc(C(F)(F)F)nc2C(F)(F)F)c([N+](=O)[O-])cc1F. The number of rotatable bonds is 3. The van der Waals surface area contributed by atoms with Crippen molar-refractivity contribution in [3.05, 3.63) is 50.8 Å². The molecule has 25 heavy (non-hydrogen) atoms. The first-order chi connectivity index (χ1) is 11.3. The third-order valence-corrected chi connectivity index (χ3v) is 3.06. The van der Waals surface area contributed by atoms with Gasteiger partial charge in [-0.15, -0.1) is 5.10 Å². The van der Waals surface area contributed by atoms with Gasteiger partial charge in [-0.1, -0.05) is 0 Å². The summed E-state index contributed by atoms with van der Waals surface area (Å²) < 4.78 is 89.6. The van der Waals surface area contributed by atoms with Crippen LogP contribution in [0.1, 0.15) is 22.8 Å². The second kappa shape index (κ2) is 5.97. The molecule has 136 valence electrons. The Morgan fingerprint density at radius 3 is 2.24 bits per heavy atom. The minimum atomic E-state index is -5.28. The number of alkyl halides is 6. The molecule has 0 radical (unpaired) electrons. The van der Waals surface area contributed by atoms with Crippen molar-refractivity contribution in [2.24, 2.45) is 0 Å². The second-order valence-corrected chi connectivity index (χ2v) is 4.90. The fraction of sp³-hybridized carbons (Fsp3) is 0.333. The van der Waals surface area contributed by atoms with Crippen LogP contribution in [0.3, 0.4) is 0 Å². The minimum absolute atomic E-state index is 0.134. The number of halogens is 7. The Labute approximate surface area is 134 Å². The molecule has 0 N–H and O–H groups in total. The van der Waals surface area contributed by atoms with Crippen molar-refractivity contribution in [1.29, 1.82) is 0 Å². The Hall–Kier alpha value is -2.73. The first kappa shape index (κ1) is 18.6. The quantitative estimate of drug-likeness (QED) is 0.468. The number of nitro groups is 1. The molecule has 0 aliphatic rings. The number of aromatic nitrogens is 3. The molecule has 0 spiro atoms. The zero-order valence-corrected chi connectivity index (χ0v) is 12.1. The van der Waals surface area contributed by atoms with E-state index >= 15 is 0 Å². The predicted octanol–water partition coefficient (Wildman–Crippen LogP) is 3.72. The summed E-state index contributed by atoms with van der Waals surface area (Å²) in [5.74, 6) is -5.00. The maximum absolute atomic E-state index is 13.4. The lowest BCUT2D eigenvalue weighted by Crippen LogP contribution is -2.17. The van der Waals surface area contributed by atoms with E-state index in [9.17, 15) is 40.8 Å². The van der Waals surface area contributed by atoms with Crippen LogP contribution < -0.4 is 0 Å². The van der Waals surface area contributed by atoms with Crippen LogP contribution in [0.2, 0.25) is 0 Å². The molecule has 2 rings (SSSR count). The van der Waals surface area contributed by atoms with Gasteiger partial charge in [-0.3, -0.25) is 10.1 Å². The summed E-state index contributed by atoms with van der Waals surface area (Å²) in [5, 5.41) is 13.7. The molecule has 0 amide bonds. The molecule has 13 heteroatoms. The summed E-state index contributed by atoms with van der Waals surface area (Å²) in [5.41, 5.74) is -1.47. The highest BCUT2D eigenvalue weighted by Gasteiger charge is 2.44. The molecule has 0 saturated heterocycles. The van der Waals surface area contributed by atoms with Crippen LogP contribution >= 0.6 is 0 Å². The topological polar surface area (TPSA) is 73.8 Å². The Kier molecular flexibility index (Phi) is 4.44. The van der Waals surface area contributed by atoms with Crippen molar-refractivity contribution in [3.63, 3.8) is 0 Å². The van der Waals surface area contributed by atoms with Gasteiger partial charge >= 0.3 is 12.4 Å². The van der Waals surface area contributed by atoms with Gasteiger partial charge < -0.3 is 0 Å². The average Bonchev–Trinajstić information content (AvgIpc) is 2.86. The molecule has 1 aromatic carbocycles. The van der Waals surface area contributed by atoms with E-state index in [4.69, 9.17) is 0 Å². The lowest BCUT2D eigenvalue weighted by atomic mass is 10.1. The highest BCUT2D eigenvalue weighted by atomic mass is 19.4. The van der Waals surface area contributed by atoms with Crippen LogP contribution in [-0.4, -0.2) is 19.7 Å². The van der Waals surface area contributed by atoms with Crippen LogP contribution in [0.25, 0.3) is 0 Å². The maximum Gasteiger partial charge on any atom is 0.453 e. The largest absolute Gasteiger partial charge is 0.453 e. The van der Waals surface area contributed by atoms with E-state index in [1.807, 2.05) is 0 Å². The van der Waals surface area contributed by atoms with E-state index in [1.165, 1.54) is 6.92 Å². The summed E-state index contributed by atoms with van der Waals surface area (Å²) in [4.78, 5) is 12.3. The Morgan fingerprint density at radius 2 is 1.76 bits per heavy atom. The number of hydrogen-bond donors (Lipinski definition) is 0. The molecule has 1 heterocycles. The molecular formula is C12H7F7N4O2. The highest BCUT2D eigenvalue weighted by molar-refractivity contribution is 5.43. The van der Waals surface area contributed by atoms with Crippen LogP contribution in [0, 0.1) is 22.9 Å². The summed E-state index contributed by atoms with van der Waals surface area (Å²) >= 11 is 0. The average molecular weight is 372 g/mol.